The summed E-state index contributed by atoms with van der Waals surface area (Å²) in [7, 11) is 0. The Bertz CT molecular complexity index is 613. The Labute approximate surface area is 150 Å². The lowest BCUT2D eigenvalue weighted by Gasteiger charge is -2.50. The SMILES string of the molecule is CCn1nc(C)cc1C(=O)N1CC[C@@H]2OCCC[C@@]2(COC(C)C)C1. The number of carbonyl (C=O) groups excluding carboxylic acids is 1. The molecule has 3 heterocycles. The quantitative estimate of drug-likeness (QED) is 0.820. The Kier molecular flexibility index (Phi) is 5.49. The van der Waals surface area contributed by atoms with Crippen molar-refractivity contribution in [2.24, 2.45) is 5.41 Å². The van der Waals surface area contributed by atoms with Crippen molar-refractivity contribution in [3.63, 3.8) is 0 Å². The van der Waals surface area contributed by atoms with Crippen LogP contribution in [0.25, 0.3) is 0 Å². The van der Waals surface area contributed by atoms with Crippen LogP contribution in [0.3, 0.4) is 0 Å². The molecule has 0 N–H and O–H groups in total. The molecule has 6 heteroatoms. The first kappa shape index (κ1) is 18.4. The van der Waals surface area contributed by atoms with Crippen LogP contribution in [0.4, 0.5) is 0 Å². The summed E-state index contributed by atoms with van der Waals surface area (Å²) in [6.45, 7) is 11.7. The van der Waals surface area contributed by atoms with Crippen molar-refractivity contribution < 1.29 is 14.3 Å². The van der Waals surface area contributed by atoms with Crippen molar-refractivity contribution in [2.75, 3.05) is 26.3 Å². The fourth-order valence-corrected chi connectivity index (χ4v) is 4.13. The first-order chi connectivity index (χ1) is 11.9. The summed E-state index contributed by atoms with van der Waals surface area (Å²) in [5, 5.41) is 4.42. The Morgan fingerprint density at radius 3 is 3.04 bits per heavy atom. The van der Waals surface area contributed by atoms with E-state index in [0.717, 1.165) is 38.1 Å². The normalized spacial score (nSPS) is 26.8. The van der Waals surface area contributed by atoms with Crippen molar-refractivity contribution >= 4 is 5.91 Å². The molecule has 1 aromatic rings. The largest absolute Gasteiger partial charge is 0.378 e. The molecule has 2 fully saturated rings. The summed E-state index contributed by atoms with van der Waals surface area (Å²) >= 11 is 0. The Hall–Kier alpha value is -1.40. The highest BCUT2D eigenvalue weighted by atomic mass is 16.5. The number of likely N-dealkylation sites (tertiary alicyclic amines) is 1. The van der Waals surface area contributed by atoms with Gasteiger partial charge in [0.1, 0.15) is 5.69 Å². The summed E-state index contributed by atoms with van der Waals surface area (Å²) in [6, 6.07) is 1.90. The van der Waals surface area contributed by atoms with Crippen LogP contribution in [0.5, 0.6) is 0 Å². The van der Waals surface area contributed by atoms with Crippen LogP contribution in [-0.2, 0) is 16.0 Å². The Morgan fingerprint density at radius 1 is 1.52 bits per heavy atom. The monoisotopic (exact) mass is 349 g/mol. The third kappa shape index (κ3) is 3.75. The van der Waals surface area contributed by atoms with Gasteiger partial charge in [-0.15, -0.1) is 0 Å². The molecule has 0 spiro atoms. The summed E-state index contributed by atoms with van der Waals surface area (Å²) in [6.07, 6.45) is 3.35. The van der Waals surface area contributed by atoms with E-state index in [2.05, 4.69) is 18.9 Å². The van der Waals surface area contributed by atoms with E-state index in [4.69, 9.17) is 9.47 Å². The maximum absolute atomic E-state index is 13.1. The number of hydrogen-bond acceptors (Lipinski definition) is 4. The van der Waals surface area contributed by atoms with Crippen LogP contribution in [0.2, 0.25) is 0 Å². The first-order valence-electron chi connectivity index (χ1n) is 9.52. The van der Waals surface area contributed by atoms with E-state index in [9.17, 15) is 4.79 Å². The zero-order valence-electron chi connectivity index (χ0n) is 16.0. The molecule has 0 bridgehead atoms. The van der Waals surface area contributed by atoms with Crippen molar-refractivity contribution in [1.82, 2.24) is 14.7 Å². The number of fused-ring (bicyclic) bond motifs is 1. The maximum Gasteiger partial charge on any atom is 0.272 e. The lowest BCUT2D eigenvalue weighted by atomic mass is 9.73. The highest BCUT2D eigenvalue weighted by Gasteiger charge is 2.47. The fourth-order valence-electron chi connectivity index (χ4n) is 4.13. The minimum atomic E-state index is -0.0808. The van der Waals surface area contributed by atoms with Crippen LogP contribution in [0, 0.1) is 12.3 Å². The van der Waals surface area contributed by atoms with Crippen LogP contribution >= 0.6 is 0 Å². The fraction of sp³-hybridized carbons (Fsp3) is 0.789. The van der Waals surface area contributed by atoms with Gasteiger partial charge in [0.2, 0.25) is 0 Å². The maximum atomic E-state index is 13.1. The van der Waals surface area contributed by atoms with E-state index in [1.54, 1.807) is 4.68 Å². The number of piperidine rings is 1. The molecule has 0 unspecified atom stereocenters. The van der Waals surface area contributed by atoms with Gasteiger partial charge in [-0.1, -0.05) is 0 Å². The highest BCUT2D eigenvalue weighted by Crippen LogP contribution is 2.41. The van der Waals surface area contributed by atoms with Gasteiger partial charge in [0.05, 0.1) is 24.5 Å². The van der Waals surface area contributed by atoms with Gasteiger partial charge >= 0.3 is 0 Å². The van der Waals surface area contributed by atoms with E-state index in [1.165, 1.54) is 0 Å². The summed E-state index contributed by atoms with van der Waals surface area (Å²) < 4.78 is 13.9. The second kappa shape index (κ2) is 7.46. The molecule has 1 amide bonds. The van der Waals surface area contributed by atoms with Crippen molar-refractivity contribution in [3.05, 3.63) is 17.5 Å². The average Bonchev–Trinajstić information content (AvgIpc) is 2.99. The standard InChI is InChI=1S/C19H31N3O3/c1-5-22-16(11-15(4)20-22)18(23)21-9-7-17-19(12-21,8-6-10-24-17)13-25-14(2)3/h11,14,17H,5-10,12-13H2,1-4H3/t17-,19-/m0/s1. The molecule has 3 rings (SSSR count). The van der Waals surface area contributed by atoms with Crippen molar-refractivity contribution in [2.45, 2.75) is 65.7 Å². The zero-order valence-corrected chi connectivity index (χ0v) is 16.0. The lowest BCUT2D eigenvalue weighted by molar-refractivity contribution is -0.152. The molecule has 2 saturated heterocycles. The highest BCUT2D eigenvalue weighted by molar-refractivity contribution is 5.92. The molecule has 1 aromatic heterocycles. The lowest BCUT2D eigenvalue weighted by Crippen LogP contribution is -2.58. The number of aryl methyl sites for hydroxylation is 2. The Balaban J connectivity index is 1.80. The number of nitrogens with zero attached hydrogens (tertiary/aromatic N) is 3. The van der Waals surface area contributed by atoms with Crippen molar-refractivity contribution in [3.8, 4) is 0 Å². The molecule has 2 atom stereocenters. The molecule has 0 saturated carbocycles. The molecule has 0 radical (unpaired) electrons. The molecule has 6 nitrogen and oxygen atoms in total. The number of hydrogen-bond donors (Lipinski definition) is 0. The average molecular weight is 349 g/mol. The predicted octanol–water partition coefficient (Wildman–Crippen LogP) is 2.65. The molecule has 25 heavy (non-hydrogen) atoms. The van der Waals surface area contributed by atoms with Gasteiger partial charge in [0.15, 0.2) is 0 Å². The third-order valence-corrected chi connectivity index (χ3v) is 5.40. The van der Waals surface area contributed by atoms with Crippen molar-refractivity contribution in [1.29, 1.82) is 0 Å². The third-order valence-electron chi connectivity index (χ3n) is 5.40. The van der Waals surface area contributed by atoms with E-state index < -0.39 is 0 Å². The minimum absolute atomic E-state index is 0.0791. The topological polar surface area (TPSA) is 56.6 Å². The van der Waals surface area contributed by atoms with Gasteiger partial charge in [-0.05, 0) is 53.0 Å². The van der Waals surface area contributed by atoms with Gasteiger partial charge in [0.25, 0.3) is 5.91 Å². The summed E-state index contributed by atoms with van der Waals surface area (Å²) in [4.78, 5) is 15.1. The number of amides is 1. The van der Waals surface area contributed by atoms with Crippen LogP contribution in [-0.4, -0.2) is 59.1 Å². The van der Waals surface area contributed by atoms with Crippen LogP contribution in [0.1, 0.15) is 56.2 Å². The summed E-state index contributed by atoms with van der Waals surface area (Å²) in [5.41, 5.74) is 1.50. The molecular formula is C19H31N3O3. The molecule has 140 valence electrons. The summed E-state index contributed by atoms with van der Waals surface area (Å²) in [5.74, 6) is 0.0791. The number of aromatic nitrogens is 2. The van der Waals surface area contributed by atoms with Gasteiger partial charge in [-0.25, -0.2) is 0 Å². The molecule has 0 aromatic carbocycles. The van der Waals surface area contributed by atoms with Crippen LogP contribution in [0.15, 0.2) is 6.07 Å². The van der Waals surface area contributed by atoms with E-state index >= 15 is 0 Å². The number of rotatable bonds is 5. The van der Waals surface area contributed by atoms with Gasteiger partial charge < -0.3 is 14.4 Å². The second-order valence-electron chi connectivity index (χ2n) is 7.69. The molecule has 0 aliphatic carbocycles. The predicted molar refractivity (Wildman–Crippen MR) is 95.7 cm³/mol. The number of carbonyl (C=O) groups is 1. The first-order valence-corrected chi connectivity index (χ1v) is 9.52. The van der Waals surface area contributed by atoms with Gasteiger partial charge in [-0.3, -0.25) is 9.48 Å². The van der Waals surface area contributed by atoms with Crippen LogP contribution < -0.4 is 0 Å². The van der Waals surface area contributed by atoms with Gasteiger partial charge in [0, 0.05) is 31.7 Å². The number of ether oxygens (including phenoxy) is 2. The minimum Gasteiger partial charge on any atom is -0.378 e. The zero-order chi connectivity index (χ0) is 18.0. The molecule has 2 aliphatic rings. The van der Waals surface area contributed by atoms with E-state index in [-0.39, 0.29) is 23.5 Å². The van der Waals surface area contributed by atoms with E-state index in [0.29, 0.717) is 25.4 Å². The Morgan fingerprint density at radius 2 is 2.32 bits per heavy atom. The van der Waals surface area contributed by atoms with E-state index in [1.807, 2.05) is 24.8 Å². The van der Waals surface area contributed by atoms with Gasteiger partial charge in [-0.2, -0.15) is 5.10 Å². The smallest absolute Gasteiger partial charge is 0.272 e. The second-order valence-corrected chi connectivity index (χ2v) is 7.69. The molecular weight excluding hydrogens is 318 g/mol. The molecule has 2 aliphatic heterocycles.